The van der Waals surface area contributed by atoms with Crippen LogP contribution in [0.25, 0.3) is 0 Å². The van der Waals surface area contributed by atoms with Crippen LogP contribution in [0.4, 0.5) is 5.69 Å². The van der Waals surface area contributed by atoms with Crippen LogP contribution in [0, 0.1) is 0 Å². The Labute approximate surface area is 178 Å². The van der Waals surface area contributed by atoms with Gasteiger partial charge in [0.2, 0.25) is 5.91 Å². The van der Waals surface area contributed by atoms with E-state index in [1.807, 2.05) is 42.5 Å². The van der Waals surface area contributed by atoms with Gasteiger partial charge in [0.15, 0.2) is 0 Å². The van der Waals surface area contributed by atoms with Gasteiger partial charge in [0.25, 0.3) is 5.91 Å². The molecule has 6 heteroatoms. The quantitative estimate of drug-likeness (QED) is 0.801. The third kappa shape index (κ3) is 4.89. The van der Waals surface area contributed by atoms with Crippen molar-refractivity contribution in [2.45, 2.75) is 18.9 Å². The smallest absolute Gasteiger partial charge is 0.251 e. The van der Waals surface area contributed by atoms with Crippen molar-refractivity contribution in [1.29, 1.82) is 0 Å². The number of hydrogen-bond acceptors (Lipinski definition) is 4. The third-order valence-electron chi connectivity index (χ3n) is 6.04. The summed E-state index contributed by atoms with van der Waals surface area (Å²) in [5.41, 5.74) is 2.50. The number of carbonyl (C=O) groups is 2. The van der Waals surface area contributed by atoms with E-state index in [0.29, 0.717) is 12.0 Å². The second-order valence-corrected chi connectivity index (χ2v) is 8.24. The minimum Gasteiger partial charge on any atom is -0.344 e. The molecule has 2 aromatic carbocycles. The van der Waals surface area contributed by atoms with Crippen LogP contribution in [-0.2, 0) is 4.79 Å². The second-order valence-electron chi connectivity index (χ2n) is 8.24. The molecule has 30 heavy (non-hydrogen) atoms. The summed E-state index contributed by atoms with van der Waals surface area (Å²) in [7, 11) is 2.14. The molecule has 2 amide bonds. The van der Waals surface area contributed by atoms with E-state index in [1.165, 1.54) is 0 Å². The molecule has 158 valence electrons. The molecule has 0 radical (unpaired) electrons. The molecule has 1 unspecified atom stereocenters. The number of anilines is 1. The fraction of sp³-hybridized carbons (Fsp3) is 0.417. The van der Waals surface area contributed by atoms with Crippen LogP contribution < -0.4 is 10.2 Å². The highest BCUT2D eigenvalue weighted by molar-refractivity contribution is 5.99. The van der Waals surface area contributed by atoms with Crippen molar-refractivity contribution in [1.82, 2.24) is 15.1 Å². The summed E-state index contributed by atoms with van der Waals surface area (Å²) >= 11 is 0. The molecule has 1 N–H and O–H groups in total. The van der Waals surface area contributed by atoms with E-state index in [4.69, 9.17) is 0 Å². The number of benzene rings is 2. The van der Waals surface area contributed by atoms with Crippen LogP contribution in [0.5, 0.6) is 0 Å². The molecule has 2 heterocycles. The lowest BCUT2D eigenvalue weighted by Gasteiger charge is -2.35. The lowest BCUT2D eigenvalue weighted by molar-refractivity contribution is -0.117. The van der Waals surface area contributed by atoms with Gasteiger partial charge in [-0.3, -0.25) is 14.5 Å². The first-order chi connectivity index (χ1) is 14.6. The monoisotopic (exact) mass is 406 g/mol. The Morgan fingerprint density at radius 1 is 1.00 bits per heavy atom. The van der Waals surface area contributed by atoms with Gasteiger partial charge >= 0.3 is 0 Å². The van der Waals surface area contributed by atoms with Gasteiger partial charge in [-0.25, -0.2) is 0 Å². The van der Waals surface area contributed by atoms with Crippen molar-refractivity contribution in [3.05, 3.63) is 65.7 Å². The van der Waals surface area contributed by atoms with E-state index < -0.39 is 0 Å². The predicted octanol–water partition coefficient (Wildman–Crippen LogP) is 2.53. The number of nitrogens with one attached hydrogen (secondary N) is 1. The highest BCUT2D eigenvalue weighted by Gasteiger charge is 2.24. The number of piperazine rings is 1. The normalized spacial score (nSPS) is 19.1. The van der Waals surface area contributed by atoms with E-state index in [9.17, 15) is 9.59 Å². The Morgan fingerprint density at radius 2 is 1.77 bits per heavy atom. The first kappa shape index (κ1) is 20.6. The van der Waals surface area contributed by atoms with Gasteiger partial charge in [-0.15, -0.1) is 0 Å². The number of carbonyl (C=O) groups excluding carboxylic acids is 2. The fourth-order valence-corrected chi connectivity index (χ4v) is 4.19. The molecule has 2 fully saturated rings. The third-order valence-corrected chi connectivity index (χ3v) is 6.04. The standard InChI is InChI=1S/C24H30N4O2/c1-26-13-15-27(16-14-26)18-22(19-7-3-2-4-8-19)25-24(30)20-9-5-10-21(17-20)28-12-6-11-23(28)29/h2-5,7-10,17,22H,6,11-16,18H2,1H3,(H,25,30). The number of likely N-dealkylation sites (N-methyl/N-ethyl adjacent to an activating group) is 1. The van der Waals surface area contributed by atoms with E-state index in [0.717, 1.165) is 56.9 Å². The van der Waals surface area contributed by atoms with Crippen LogP contribution in [0.1, 0.15) is 34.8 Å². The van der Waals surface area contributed by atoms with Crippen LogP contribution in [0.15, 0.2) is 54.6 Å². The zero-order chi connectivity index (χ0) is 20.9. The molecular formula is C24H30N4O2. The minimum atomic E-state index is -0.105. The van der Waals surface area contributed by atoms with Crippen molar-refractivity contribution in [2.75, 3.05) is 51.2 Å². The molecular weight excluding hydrogens is 376 g/mol. The Kier molecular flexibility index (Phi) is 6.45. The lowest BCUT2D eigenvalue weighted by atomic mass is 10.0. The Balaban J connectivity index is 1.49. The molecule has 1 atom stereocenters. The number of rotatable bonds is 6. The van der Waals surface area contributed by atoms with Crippen molar-refractivity contribution >= 4 is 17.5 Å². The fourth-order valence-electron chi connectivity index (χ4n) is 4.19. The molecule has 6 nitrogen and oxygen atoms in total. The highest BCUT2D eigenvalue weighted by Crippen LogP contribution is 2.23. The SMILES string of the molecule is CN1CCN(CC(NC(=O)c2cccc(N3CCCC3=O)c2)c2ccccc2)CC1. The largest absolute Gasteiger partial charge is 0.344 e. The zero-order valence-electron chi connectivity index (χ0n) is 17.6. The number of hydrogen-bond donors (Lipinski definition) is 1. The van der Waals surface area contributed by atoms with Crippen molar-refractivity contribution in [3.8, 4) is 0 Å². The summed E-state index contributed by atoms with van der Waals surface area (Å²) in [6.45, 7) is 5.60. The molecule has 0 aromatic heterocycles. The Bertz CT molecular complexity index is 878. The molecule has 0 bridgehead atoms. The molecule has 4 rings (SSSR count). The predicted molar refractivity (Wildman–Crippen MR) is 119 cm³/mol. The van der Waals surface area contributed by atoms with Crippen LogP contribution in [0.2, 0.25) is 0 Å². The summed E-state index contributed by atoms with van der Waals surface area (Å²) in [6.07, 6.45) is 1.45. The maximum absolute atomic E-state index is 13.1. The van der Waals surface area contributed by atoms with Crippen molar-refractivity contribution in [3.63, 3.8) is 0 Å². The van der Waals surface area contributed by atoms with Gasteiger partial charge in [0.05, 0.1) is 6.04 Å². The summed E-state index contributed by atoms with van der Waals surface area (Å²) in [5, 5.41) is 3.24. The molecule has 2 saturated heterocycles. The minimum absolute atomic E-state index is 0.0841. The Morgan fingerprint density at radius 3 is 2.47 bits per heavy atom. The van der Waals surface area contributed by atoms with Crippen LogP contribution in [-0.4, -0.2) is 67.9 Å². The maximum Gasteiger partial charge on any atom is 0.251 e. The van der Waals surface area contributed by atoms with Gasteiger partial charge in [-0.1, -0.05) is 36.4 Å². The van der Waals surface area contributed by atoms with Crippen molar-refractivity contribution in [2.24, 2.45) is 0 Å². The molecule has 2 aliphatic heterocycles. The molecule has 2 aliphatic rings. The lowest BCUT2D eigenvalue weighted by Crippen LogP contribution is -2.47. The van der Waals surface area contributed by atoms with Gasteiger partial charge in [0.1, 0.15) is 0 Å². The highest BCUT2D eigenvalue weighted by atomic mass is 16.2. The van der Waals surface area contributed by atoms with Crippen molar-refractivity contribution < 1.29 is 9.59 Å². The van der Waals surface area contributed by atoms with Gasteiger partial charge in [0, 0.05) is 56.9 Å². The average Bonchev–Trinajstić information content (AvgIpc) is 3.21. The van der Waals surface area contributed by atoms with Crippen LogP contribution >= 0.6 is 0 Å². The van der Waals surface area contributed by atoms with Crippen LogP contribution in [0.3, 0.4) is 0 Å². The number of nitrogens with zero attached hydrogens (tertiary/aromatic N) is 3. The first-order valence-electron chi connectivity index (χ1n) is 10.8. The molecule has 0 aliphatic carbocycles. The summed E-state index contributed by atoms with van der Waals surface area (Å²) in [4.78, 5) is 31.7. The second kappa shape index (κ2) is 9.41. The average molecular weight is 407 g/mol. The van der Waals surface area contributed by atoms with E-state index in [-0.39, 0.29) is 17.9 Å². The molecule has 0 spiro atoms. The van der Waals surface area contributed by atoms with E-state index >= 15 is 0 Å². The number of amides is 2. The summed E-state index contributed by atoms with van der Waals surface area (Å²) in [5.74, 6) is 0.0243. The summed E-state index contributed by atoms with van der Waals surface area (Å²) in [6, 6.07) is 17.5. The topological polar surface area (TPSA) is 55.9 Å². The molecule has 0 saturated carbocycles. The van der Waals surface area contributed by atoms with Gasteiger partial charge in [-0.05, 0) is 37.2 Å². The first-order valence-corrected chi connectivity index (χ1v) is 10.8. The molecule has 2 aromatic rings. The van der Waals surface area contributed by atoms with Gasteiger partial charge in [-0.2, -0.15) is 0 Å². The summed E-state index contributed by atoms with van der Waals surface area (Å²) < 4.78 is 0. The van der Waals surface area contributed by atoms with Gasteiger partial charge < -0.3 is 15.1 Å². The van der Waals surface area contributed by atoms with E-state index in [2.05, 4.69) is 34.3 Å². The van der Waals surface area contributed by atoms with E-state index in [1.54, 1.807) is 4.90 Å². The zero-order valence-corrected chi connectivity index (χ0v) is 17.6. The maximum atomic E-state index is 13.1. The Hall–Kier alpha value is -2.70.